The molecular weight excluding hydrogens is 461 g/mol. The lowest BCUT2D eigenvalue weighted by molar-refractivity contribution is 0.213. The molecule has 2 aliphatic rings. The predicted molar refractivity (Wildman–Crippen MR) is 131 cm³/mol. The molecule has 2 fully saturated rings. The molecule has 2 saturated heterocycles. The Hall–Kier alpha value is -1.02. The first kappa shape index (κ1) is 23.3. The quantitative estimate of drug-likeness (QED) is 0.355. The molecule has 3 rings (SSSR count). The summed E-state index contributed by atoms with van der Waals surface area (Å²) in [4.78, 5) is 9.35. The number of aliphatic imine (C=N–C) groups is 1. The number of halogens is 1. The predicted octanol–water partition coefficient (Wildman–Crippen LogP) is 3.86. The largest absolute Gasteiger partial charge is 0.372 e. The second-order valence-corrected chi connectivity index (χ2v) is 8.19. The molecule has 158 valence electrons. The Bertz CT molecular complexity index is 607. The van der Waals surface area contributed by atoms with Crippen LogP contribution < -0.4 is 15.5 Å². The number of nitrogens with zero attached hydrogens (tertiary/aromatic N) is 3. The summed E-state index contributed by atoms with van der Waals surface area (Å²) in [6.07, 6.45) is 6.50. The van der Waals surface area contributed by atoms with Crippen molar-refractivity contribution in [2.75, 3.05) is 51.7 Å². The van der Waals surface area contributed by atoms with Crippen molar-refractivity contribution in [1.82, 2.24) is 15.5 Å². The van der Waals surface area contributed by atoms with Gasteiger partial charge in [-0.15, -0.1) is 24.0 Å². The van der Waals surface area contributed by atoms with Crippen molar-refractivity contribution in [2.45, 2.75) is 45.1 Å². The first-order valence-corrected chi connectivity index (χ1v) is 10.7. The van der Waals surface area contributed by atoms with E-state index in [1.54, 1.807) is 0 Å². The Morgan fingerprint density at radius 1 is 1.18 bits per heavy atom. The van der Waals surface area contributed by atoms with Gasteiger partial charge in [-0.25, -0.2) is 0 Å². The van der Waals surface area contributed by atoms with Crippen LogP contribution in [0.25, 0.3) is 0 Å². The van der Waals surface area contributed by atoms with E-state index in [1.807, 2.05) is 7.05 Å². The van der Waals surface area contributed by atoms with Crippen LogP contribution >= 0.6 is 24.0 Å². The molecule has 0 aromatic heterocycles. The van der Waals surface area contributed by atoms with E-state index in [9.17, 15) is 0 Å². The second kappa shape index (κ2) is 11.9. The molecule has 2 heterocycles. The van der Waals surface area contributed by atoms with Crippen LogP contribution in [0.5, 0.6) is 0 Å². The van der Waals surface area contributed by atoms with Crippen molar-refractivity contribution in [3.8, 4) is 0 Å². The SMILES string of the molecule is CN=C(NCCC1CCN(C)CC1)NC(C)c1cccc(N2CCCC2)c1.I. The molecule has 0 radical (unpaired) electrons. The van der Waals surface area contributed by atoms with E-state index in [1.165, 1.54) is 69.5 Å². The number of piperidine rings is 1. The summed E-state index contributed by atoms with van der Waals surface area (Å²) in [6, 6.07) is 9.19. The highest BCUT2D eigenvalue weighted by Crippen LogP contribution is 2.24. The average molecular weight is 499 g/mol. The Morgan fingerprint density at radius 2 is 1.89 bits per heavy atom. The van der Waals surface area contributed by atoms with Gasteiger partial charge in [0, 0.05) is 32.4 Å². The van der Waals surface area contributed by atoms with Gasteiger partial charge in [0.1, 0.15) is 0 Å². The Kier molecular flexibility index (Phi) is 9.85. The van der Waals surface area contributed by atoms with Crippen LogP contribution in [0.1, 0.15) is 50.6 Å². The Morgan fingerprint density at radius 3 is 2.57 bits per heavy atom. The minimum Gasteiger partial charge on any atom is -0.372 e. The first-order valence-electron chi connectivity index (χ1n) is 10.7. The molecule has 2 aliphatic heterocycles. The zero-order valence-corrected chi connectivity index (χ0v) is 20.1. The maximum atomic E-state index is 4.42. The molecule has 6 heteroatoms. The van der Waals surface area contributed by atoms with Gasteiger partial charge in [-0.05, 0) is 82.8 Å². The van der Waals surface area contributed by atoms with Gasteiger partial charge in [-0.3, -0.25) is 4.99 Å². The molecule has 1 atom stereocenters. The number of likely N-dealkylation sites (tertiary alicyclic amines) is 1. The second-order valence-electron chi connectivity index (χ2n) is 8.19. The maximum Gasteiger partial charge on any atom is 0.191 e. The monoisotopic (exact) mass is 499 g/mol. The molecule has 5 nitrogen and oxygen atoms in total. The van der Waals surface area contributed by atoms with E-state index in [2.05, 4.69) is 63.7 Å². The number of guanidine groups is 1. The normalized spacial score (nSPS) is 20.0. The average Bonchev–Trinajstić information content (AvgIpc) is 3.23. The molecule has 1 unspecified atom stereocenters. The molecule has 0 saturated carbocycles. The van der Waals surface area contributed by atoms with Crippen molar-refractivity contribution >= 4 is 35.6 Å². The van der Waals surface area contributed by atoms with Crippen LogP contribution in [0.3, 0.4) is 0 Å². The van der Waals surface area contributed by atoms with Crippen LogP contribution in [0.4, 0.5) is 5.69 Å². The highest BCUT2D eigenvalue weighted by molar-refractivity contribution is 14.0. The lowest BCUT2D eigenvalue weighted by atomic mass is 9.94. The lowest BCUT2D eigenvalue weighted by Crippen LogP contribution is -2.40. The Labute approximate surface area is 188 Å². The van der Waals surface area contributed by atoms with Crippen LogP contribution in [-0.2, 0) is 0 Å². The third-order valence-corrected chi connectivity index (χ3v) is 6.10. The zero-order chi connectivity index (χ0) is 19.1. The highest BCUT2D eigenvalue weighted by Gasteiger charge is 2.17. The van der Waals surface area contributed by atoms with Crippen LogP contribution in [0, 0.1) is 5.92 Å². The van der Waals surface area contributed by atoms with Crippen LogP contribution in [0.15, 0.2) is 29.3 Å². The summed E-state index contributed by atoms with van der Waals surface area (Å²) >= 11 is 0. The number of hydrogen-bond donors (Lipinski definition) is 2. The molecule has 0 bridgehead atoms. The fourth-order valence-electron chi connectivity index (χ4n) is 4.19. The van der Waals surface area contributed by atoms with Gasteiger partial charge >= 0.3 is 0 Å². The van der Waals surface area contributed by atoms with Gasteiger partial charge in [0.25, 0.3) is 0 Å². The van der Waals surface area contributed by atoms with Gasteiger partial charge in [-0.1, -0.05) is 12.1 Å². The minimum atomic E-state index is 0. The van der Waals surface area contributed by atoms with Crippen molar-refractivity contribution in [3.63, 3.8) is 0 Å². The van der Waals surface area contributed by atoms with Gasteiger partial charge in [-0.2, -0.15) is 0 Å². The highest BCUT2D eigenvalue weighted by atomic mass is 127. The first-order chi connectivity index (χ1) is 13.2. The van der Waals surface area contributed by atoms with Crippen LogP contribution in [0.2, 0.25) is 0 Å². The van der Waals surface area contributed by atoms with Crippen LogP contribution in [-0.4, -0.2) is 57.7 Å². The standard InChI is InChI=1S/C22H37N5.HI/c1-18(20-7-6-8-21(17-20)27-13-4-5-14-27)25-22(23-2)24-12-9-19-10-15-26(3)16-11-19;/h6-8,17-19H,4-5,9-16H2,1-3H3,(H2,23,24,25);1H. The lowest BCUT2D eigenvalue weighted by Gasteiger charge is -2.29. The van der Waals surface area contributed by atoms with Crippen molar-refractivity contribution < 1.29 is 0 Å². The number of hydrogen-bond acceptors (Lipinski definition) is 3. The van der Waals surface area contributed by atoms with E-state index < -0.39 is 0 Å². The van der Waals surface area contributed by atoms with E-state index in [4.69, 9.17) is 0 Å². The summed E-state index contributed by atoms with van der Waals surface area (Å²) in [6.45, 7) is 8.06. The van der Waals surface area contributed by atoms with Crippen molar-refractivity contribution in [1.29, 1.82) is 0 Å². The fourth-order valence-corrected chi connectivity index (χ4v) is 4.19. The summed E-state index contributed by atoms with van der Waals surface area (Å²) in [5.41, 5.74) is 2.67. The molecular formula is C22H38IN5. The van der Waals surface area contributed by atoms with Gasteiger partial charge in [0.05, 0.1) is 6.04 Å². The van der Waals surface area contributed by atoms with Gasteiger partial charge in [0.15, 0.2) is 5.96 Å². The smallest absolute Gasteiger partial charge is 0.191 e. The molecule has 0 aliphatic carbocycles. The van der Waals surface area contributed by atoms with E-state index in [-0.39, 0.29) is 30.0 Å². The summed E-state index contributed by atoms with van der Waals surface area (Å²) in [5.74, 6) is 1.75. The summed E-state index contributed by atoms with van der Waals surface area (Å²) in [5, 5.41) is 7.07. The molecule has 2 N–H and O–H groups in total. The van der Waals surface area contributed by atoms with E-state index >= 15 is 0 Å². The molecule has 1 aromatic rings. The number of rotatable bonds is 6. The van der Waals surface area contributed by atoms with Gasteiger partial charge < -0.3 is 20.4 Å². The van der Waals surface area contributed by atoms with Gasteiger partial charge in [0.2, 0.25) is 0 Å². The number of benzene rings is 1. The Balaban J connectivity index is 0.00000280. The fraction of sp³-hybridized carbons (Fsp3) is 0.682. The third kappa shape index (κ3) is 6.79. The molecule has 1 aromatic carbocycles. The third-order valence-electron chi connectivity index (χ3n) is 6.10. The maximum absolute atomic E-state index is 4.42. The number of nitrogens with one attached hydrogen (secondary N) is 2. The minimum absolute atomic E-state index is 0. The summed E-state index contributed by atoms with van der Waals surface area (Å²) in [7, 11) is 4.08. The van der Waals surface area contributed by atoms with E-state index in [0.717, 1.165) is 18.4 Å². The summed E-state index contributed by atoms with van der Waals surface area (Å²) < 4.78 is 0. The number of anilines is 1. The van der Waals surface area contributed by atoms with Crippen molar-refractivity contribution in [3.05, 3.63) is 29.8 Å². The molecule has 0 spiro atoms. The molecule has 28 heavy (non-hydrogen) atoms. The zero-order valence-electron chi connectivity index (χ0n) is 17.8. The van der Waals surface area contributed by atoms with E-state index in [0.29, 0.717) is 0 Å². The van der Waals surface area contributed by atoms with Crippen molar-refractivity contribution in [2.24, 2.45) is 10.9 Å². The molecule has 0 amide bonds. The topological polar surface area (TPSA) is 42.9 Å².